The molecule has 6 nitrogen and oxygen atoms in total. The van der Waals surface area contributed by atoms with E-state index in [1.54, 1.807) is 19.1 Å². The monoisotopic (exact) mass is 277 g/mol. The fourth-order valence-electron chi connectivity index (χ4n) is 2.47. The molecule has 1 unspecified atom stereocenters. The quantitative estimate of drug-likeness (QED) is 0.655. The summed E-state index contributed by atoms with van der Waals surface area (Å²) in [5, 5.41) is 16.8. The lowest BCUT2D eigenvalue weighted by molar-refractivity contribution is -0.385. The lowest BCUT2D eigenvalue weighted by Crippen LogP contribution is -2.46. The number of anilines is 1. The second kappa shape index (κ2) is 5.58. The smallest absolute Gasteiger partial charge is 0.272 e. The number of carbonyl (C=O) groups excluding carboxylic acids is 1. The zero-order valence-electron chi connectivity index (χ0n) is 11.7. The molecule has 1 aliphatic heterocycles. The first-order valence-electron chi connectivity index (χ1n) is 6.70. The molecule has 6 heteroatoms. The van der Waals surface area contributed by atoms with E-state index in [2.05, 4.69) is 10.6 Å². The minimum absolute atomic E-state index is 0.0436. The molecule has 2 N–H and O–H groups in total. The van der Waals surface area contributed by atoms with Crippen molar-refractivity contribution in [3.8, 4) is 0 Å². The number of piperidine rings is 1. The van der Waals surface area contributed by atoms with Crippen LogP contribution in [0.1, 0.15) is 25.3 Å². The van der Waals surface area contributed by atoms with Gasteiger partial charge in [-0.1, -0.05) is 0 Å². The zero-order chi connectivity index (χ0) is 14.8. The predicted molar refractivity (Wildman–Crippen MR) is 76.7 cm³/mol. The zero-order valence-corrected chi connectivity index (χ0v) is 11.7. The molecule has 0 radical (unpaired) electrons. The van der Waals surface area contributed by atoms with E-state index in [4.69, 9.17) is 0 Å². The predicted octanol–water partition coefficient (Wildman–Crippen LogP) is 2.23. The summed E-state index contributed by atoms with van der Waals surface area (Å²) in [5.74, 6) is -0.0436. The summed E-state index contributed by atoms with van der Waals surface area (Å²) in [6.45, 7) is 5.20. The van der Waals surface area contributed by atoms with Gasteiger partial charge in [0.2, 0.25) is 5.91 Å². The largest absolute Gasteiger partial charge is 0.326 e. The summed E-state index contributed by atoms with van der Waals surface area (Å²) >= 11 is 0. The van der Waals surface area contributed by atoms with E-state index in [1.165, 1.54) is 6.07 Å². The number of amides is 1. The van der Waals surface area contributed by atoms with E-state index in [-0.39, 0.29) is 11.6 Å². The molecule has 1 aliphatic rings. The van der Waals surface area contributed by atoms with E-state index in [1.807, 2.05) is 6.92 Å². The molecule has 1 aromatic carbocycles. The standard InChI is InChI=1S/C14H19N3O3/c1-10-8-11(4-5-12(10)17(19)20)16-13(18)14(2)6-3-7-15-9-14/h4-5,8,15H,3,6-7,9H2,1-2H3,(H,16,18). The number of nitro groups is 1. The minimum atomic E-state index is -0.423. The van der Waals surface area contributed by atoms with Crippen molar-refractivity contribution in [2.75, 3.05) is 18.4 Å². The highest BCUT2D eigenvalue weighted by Crippen LogP contribution is 2.28. The summed E-state index contributed by atoms with van der Waals surface area (Å²) < 4.78 is 0. The van der Waals surface area contributed by atoms with E-state index in [0.717, 1.165) is 19.4 Å². The number of aryl methyl sites for hydroxylation is 1. The van der Waals surface area contributed by atoms with E-state index in [0.29, 0.717) is 17.8 Å². The van der Waals surface area contributed by atoms with Crippen LogP contribution in [0.15, 0.2) is 18.2 Å². The van der Waals surface area contributed by atoms with Crippen molar-refractivity contribution >= 4 is 17.3 Å². The first-order chi connectivity index (χ1) is 9.42. The Labute approximate surface area is 117 Å². The highest BCUT2D eigenvalue weighted by Gasteiger charge is 2.34. The van der Waals surface area contributed by atoms with Crippen molar-refractivity contribution in [3.63, 3.8) is 0 Å². The van der Waals surface area contributed by atoms with Crippen LogP contribution >= 0.6 is 0 Å². The van der Waals surface area contributed by atoms with Crippen LogP contribution in [0.5, 0.6) is 0 Å². The molecule has 0 bridgehead atoms. The van der Waals surface area contributed by atoms with Crippen LogP contribution < -0.4 is 10.6 Å². The normalized spacial score (nSPS) is 22.3. The molecule has 1 heterocycles. The van der Waals surface area contributed by atoms with Gasteiger partial charge in [0.25, 0.3) is 5.69 Å². The number of hydrogen-bond acceptors (Lipinski definition) is 4. The summed E-state index contributed by atoms with van der Waals surface area (Å²) in [6.07, 6.45) is 1.82. The Hall–Kier alpha value is -1.95. The van der Waals surface area contributed by atoms with Gasteiger partial charge >= 0.3 is 0 Å². The Balaban J connectivity index is 2.12. The lowest BCUT2D eigenvalue weighted by Gasteiger charge is -2.32. The summed E-state index contributed by atoms with van der Waals surface area (Å²) in [5.41, 5.74) is 0.784. The van der Waals surface area contributed by atoms with Crippen LogP contribution in [0.25, 0.3) is 0 Å². The first kappa shape index (κ1) is 14.5. The van der Waals surface area contributed by atoms with Crippen LogP contribution in [-0.4, -0.2) is 23.9 Å². The number of nitro benzene ring substituents is 1. The molecule has 1 amide bonds. The van der Waals surface area contributed by atoms with E-state index >= 15 is 0 Å². The number of hydrogen-bond donors (Lipinski definition) is 2. The van der Waals surface area contributed by atoms with Gasteiger partial charge in [0.1, 0.15) is 0 Å². The number of rotatable bonds is 3. The van der Waals surface area contributed by atoms with Crippen LogP contribution in [0.3, 0.4) is 0 Å². The Bertz CT molecular complexity index is 536. The van der Waals surface area contributed by atoms with Crippen LogP contribution in [-0.2, 0) is 4.79 Å². The second-order valence-corrected chi connectivity index (χ2v) is 5.55. The highest BCUT2D eigenvalue weighted by molar-refractivity contribution is 5.95. The molecule has 2 rings (SSSR count). The summed E-state index contributed by atoms with van der Waals surface area (Å²) in [4.78, 5) is 22.7. The molecule has 108 valence electrons. The van der Waals surface area contributed by atoms with Gasteiger partial charge in [-0.05, 0) is 45.4 Å². The maximum atomic E-state index is 12.3. The maximum Gasteiger partial charge on any atom is 0.272 e. The molecule has 0 aromatic heterocycles. The fourth-order valence-corrected chi connectivity index (χ4v) is 2.47. The first-order valence-corrected chi connectivity index (χ1v) is 6.70. The third kappa shape index (κ3) is 2.96. The third-order valence-electron chi connectivity index (χ3n) is 3.80. The molecule has 20 heavy (non-hydrogen) atoms. The SMILES string of the molecule is Cc1cc(NC(=O)C2(C)CCCNC2)ccc1[N+](=O)[O-]. The van der Waals surface area contributed by atoms with Crippen molar-refractivity contribution in [2.24, 2.45) is 5.41 Å². The molecule has 0 saturated carbocycles. The van der Waals surface area contributed by atoms with E-state index in [9.17, 15) is 14.9 Å². The van der Waals surface area contributed by atoms with Crippen molar-refractivity contribution in [3.05, 3.63) is 33.9 Å². The third-order valence-corrected chi connectivity index (χ3v) is 3.80. The molecule has 1 aromatic rings. The highest BCUT2D eigenvalue weighted by atomic mass is 16.6. The van der Waals surface area contributed by atoms with Crippen LogP contribution in [0.2, 0.25) is 0 Å². The molecular weight excluding hydrogens is 258 g/mol. The Morgan fingerprint density at radius 2 is 2.25 bits per heavy atom. The van der Waals surface area contributed by atoms with E-state index < -0.39 is 10.3 Å². The van der Waals surface area contributed by atoms with Gasteiger partial charge in [0, 0.05) is 23.9 Å². The Kier molecular flexibility index (Phi) is 4.04. The van der Waals surface area contributed by atoms with Gasteiger partial charge in [-0.2, -0.15) is 0 Å². The minimum Gasteiger partial charge on any atom is -0.326 e. The molecule has 1 atom stereocenters. The lowest BCUT2D eigenvalue weighted by atomic mass is 9.82. The summed E-state index contributed by atoms with van der Waals surface area (Å²) in [6, 6.07) is 4.63. The van der Waals surface area contributed by atoms with Gasteiger partial charge in [-0.3, -0.25) is 14.9 Å². The molecule has 1 saturated heterocycles. The number of carbonyl (C=O) groups is 1. The van der Waals surface area contributed by atoms with Crippen LogP contribution in [0, 0.1) is 22.5 Å². The average Bonchev–Trinajstić information content (AvgIpc) is 2.39. The second-order valence-electron chi connectivity index (χ2n) is 5.55. The van der Waals surface area contributed by atoms with Crippen molar-refractivity contribution in [2.45, 2.75) is 26.7 Å². The topological polar surface area (TPSA) is 84.3 Å². The Morgan fingerprint density at radius 3 is 2.80 bits per heavy atom. The van der Waals surface area contributed by atoms with Gasteiger partial charge in [0.05, 0.1) is 10.3 Å². The molecule has 0 spiro atoms. The van der Waals surface area contributed by atoms with Gasteiger partial charge in [-0.15, -0.1) is 0 Å². The average molecular weight is 277 g/mol. The van der Waals surface area contributed by atoms with Gasteiger partial charge < -0.3 is 10.6 Å². The van der Waals surface area contributed by atoms with Crippen molar-refractivity contribution in [1.82, 2.24) is 5.32 Å². The van der Waals surface area contributed by atoms with Gasteiger partial charge in [0.15, 0.2) is 0 Å². The fraction of sp³-hybridized carbons (Fsp3) is 0.500. The van der Waals surface area contributed by atoms with Gasteiger partial charge in [-0.25, -0.2) is 0 Å². The number of benzene rings is 1. The van der Waals surface area contributed by atoms with Crippen LogP contribution in [0.4, 0.5) is 11.4 Å². The summed E-state index contributed by atoms with van der Waals surface area (Å²) in [7, 11) is 0. The number of nitrogens with zero attached hydrogens (tertiary/aromatic N) is 1. The number of nitrogens with one attached hydrogen (secondary N) is 2. The van der Waals surface area contributed by atoms with Crippen molar-refractivity contribution in [1.29, 1.82) is 0 Å². The molecule has 1 fully saturated rings. The molecular formula is C14H19N3O3. The van der Waals surface area contributed by atoms with Crippen molar-refractivity contribution < 1.29 is 9.72 Å². The Morgan fingerprint density at radius 1 is 1.50 bits per heavy atom. The molecule has 0 aliphatic carbocycles. The maximum absolute atomic E-state index is 12.3.